The number of nitrogens with one attached hydrogen (secondary N) is 1. The molecule has 0 bridgehead atoms. The minimum atomic E-state index is -0.610. The first-order valence-corrected chi connectivity index (χ1v) is 11.2. The summed E-state index contributed by atoms with van der Waals surface area (Å²) >= 11 is 0. The normalized spacial score (nSPS) is 20.8. The molecule has 2 unspecified atom stereocenters. The van der Waals surface area contributed by atoms with Crippen LogP contribution in [0.2, 0.25) is 0 Å². The van der Waals surface area contributed by atoms with Crippen molar-refractivity contribution >= 4 is 11.0 Å². The fourth-order valence-electron chi connectivity index (χ4n) is 4.39. The molecule has 3 aromatic heterocycles. The Morgan fingerprint density at radius 3 is 2.79 bits per heavy atom. The number of ether oxygens (including phenoxy) is 2. The molecule has 3 aromatic rings. The zero-order valence-corrected chi connectivity index (χ0v) is 18.2. The molecule has 0 aromatic carbocycles. The summed E-state index contributed by atoms with van der Waals surface area (Å²) in [5.74, 6) is 1.40. The third-order valence-electron chi connectivity index (χ3n) is 6.17. The van der Waals surface area contributed by atoms with E-state index in [0.29, 0.717) is 62.6 Å². The van der Waals surface area contributed by atoms with Crippen LogP contribution in [-0.2, 0) is 13.1 Å². The molecule has 2 aliphatic heterocycles. The maximum Gasteiger partial charge on any atom is 0.251 e. The lowest BCUT2D eigenvalue weighted by molar-refractivity contribution is -0.0358. The first-order chi connectivity index (χ1) is 16.1. The van der Waals surface area contributed by atoms with E-state index >= 15 is 0 Å². The highest BCUT2D eigenvalue weighted by Gasteiger charge is 2.26. The minimum Gasteiger partial charge on any atom is -0.506 e. The first-order valence-electron chi connectivity index (χ1n) is 11.2. The molecule has 5 heterocycles. The van der Waals surface area contributed by atoms with Gasteiger partial charge in [0.15, 0.2) is 11.5 Å². The number of likely N-dealkylation sites (tertiary alicyclic amines) is 1. The van der Waals surface area contributed by atoms with E-state index in [9.17, 15) is 15.0 Å². The molecule has 174 valence electrons. The standard InChI is InChI=1S/C23H27N5O5/c29-17-11-19-18(26-13-17)1-2-22(30)28(19)6-5-27-4-3-15(10-23(27)31)24-12-16-9-20-21(14-25-16)33-8-7-32-20/h1-2,9,11,13-15,23-24,29,31H,3-8,10,12H2. The molecule has 0 radical (unpaired) electrons. The van der Waals surface area contributed by atoms with E-state index in [1.165, 1.54) is 12.3 Å². The van der Waals surface area contributed by atoms with Crippen molar-refractivity contribution in [2.24, 2.45) is 0 Å². The van der Waals surface area contributed by atoms with Crippen molar-refractivity contribution in [1.29, 1.82) is 0 Å². The third kappa shape index (κ3) is 4.77. The van der Waals surface area contributed by atoms with Crippen LogP contribution >= 0.6 is 0 Å². The van der Waals surface area contributed by atoms with E-state index in [2.05, 4.69) is 15.3 Å². The van der Waals surface area contributed by atoms with Gasteiger partial charge in [-0.2, -0.15) is 0 Å². The van der Waals surface area contributed by atoms with Gasteiger partial charge in [-0.1, -0.05) is 0 Å². The summed E-state index contributed by atoms with van der Waals surface area (Å²) in [6.45, 7) is 3.28. The molecule has 0 amide bonds. The smallest absolute Gasteiger partial charge is 0.251 e. The summed E-state index contributed by atoms with van der Waals surface area (Å²) in [5, 5.41) is 23.9. The summed E-state index contributed by atoms with van der Waals surface area (Å²) in [6, 6.07) is 6.72. The number of nitrogens with zero attached hydrogens (tertiary/aromatic N) is 4. The van der Waals surface area contributed by atoms with Crippen molar-refractivity contribution in [1.82, 2.24) is 24.8 Å². The van der Waals surface area contributed by atoms with Gasteiger partial charge in [0, 0.05) is 56.8 Å². The molecule has 5 rings (SSSR count). The predicted molar refractivity (Wildman–Crippen MR) is 120 cm³/mol. The van der Waals surface area contributed by atoms with Gasteiger partial charge < -0.3 is 29.6 Å². The molecule has 3 N–H and O–H groups in total. The molecule has 1 fully saturated rings. The number of fused-ring (bicyclic) bond motifs is 2. The second kappa shape index (κ2) is 9.34. The Morgan fingerprint density at radius 2 is 1.94 bits per heavy atom. The van der Waals surface area contributed by atoms with Gasteiger partial charge in [-0.3, -0.25) is 19.7 Å². The molecule has 2 aliphatic rings. The summed E-state index contributed by atoms with van der Waals surface area (Å²) < 4.78 is 12.7. The van der Waals surface area contributed by atoms with Crippen LogP contribution in [0.15, 0.2) is 41.5 Å². The monoisotopic (exact) mass is 453 g/mol. The van der Waals surface area contributed by atoms with Crippen LogP contribution in [0.5, 0.6) is 17.2 Å². The minimum absolute atomic E-state index is 0.0151. The van der Waals surface area contributed by atoms with E-state index in [1.54, 1.807) is 22.9 Å². The molecule has 33 heavy (non-hydrogen) atoms. The van der Waals surface area contributed by atoms with Crippen LogP contribution in [-0.4, -0.2) is 68.2 Å². The highest BCUT2D eigenvalue weighted by Crippen LogP contribution is 2.29. The Kier molecular flexibility index (Phi) is 6.12. The molecular formula is C23H27N5O5. The van der Waals surface area contributed by atoms with Crippen LogP contribution in [0.25, 0.3) is 11.0 Å². The Morgan fingerprint density at radius 1 is 1.09 bits per heavy atom. The topological polar surface area (TPSA) is 122 Å². The Bertz CT molecular complexity index is 1200. The number of hydrogen-bond acceptors (Lipinski definition) is 9. The average Bonchev–Trinajstić information content (AvgIpc) is 2.83. The van der Waals surface area contributed by atoms with E-state index in [0.717, 1.165) is 17.9 Å². The molecular weight excluding hydrogens is 426 g/mol. The van der Waals surface area contributed by atoms with Crippen LogP contribution < -0.4 is 20.3 Å². The number of pyridine rings is 3. The Hall–Kier alpha value is -3.21. The molecule has 2 atom stereocenters. The van der Waals surface area contributed by atoms with Gasteiger partial charge in [-0.15, -0.1) is 0 Å². The van der Waals surface area contributed by atoms with Gasteiger partial charge in [-0.25, -0.2) is 0 Å². The second-order valence-corrected chi connectivity index (χ2v) is 8.36. The summed E-state index contributed by atoms with van der Waals surface area (Å²) in [7, 11) is 0. The van der Waals surface area contributed by atoms with E-state index in [4.69, 9.17) is 9.47 Å². The van der Waals surface area contributed by atoms with Crippen molar-refractivity contribution in [3.8, 4) is 17.2 Å². The van der Waals surface area contributed by atoms with E-state index in [1.807, 2.05) is 11.0 Å². The molecule has 0 spiro atoms. The third-order valence-corrected chi connectivity index (χ3v) is 6.17. The number of rotatable bonds is 6. The summed E-state index contributed by atoms with van der Waals surface area (Å²) in [4.78, 5) is 23.0. The molecule has 10 heteroatoms. The number of hydrogen-bond donors (Lipinski definition) is 3. The van der Waals surface area contributed by atoms with Crippen LogP contribution in [0.1, 0.15) is 18.5 Å². The number of piperidine rings is 1. The van der Waals surface area contributed by atoms with Crippen LogP contribution in [0.4, 0.5) is 0 Å². The Balaban J connectivity index is 1.16. The van der Waals surface area contributed by atoms with Crippen molar-refractivity contribution in [2.45, 2.75) is 38.2 Å². The number of aromatic nitrogens is 3. The van der Waals surface area contributed by atoms with Crippen molar-refractivity contribution < 1.29 is 19.7 Å². The lowest BCUT2D eigenvalue weighted by Crippen LogP contribution is -2.49. The second-order valence-electron chi connectivity index (χ2n) is 8.36. The van der Waals surface area contributed by atoms with Crippen LogP contribution in [0.3, 0.4) is 0 Å². The lowest BCUT2D eigenvalue weighted by Gasteiger charge is -2.37. The fourth-order valence-corrected chi connectivity index (χ4v) is 4.39. The number of aliphatic hydroxyl groups excluding tert-OH is 1. The fraction of sp³-hybridized carbons (Fsp3) is 0.435. The zero-order valence-electron chi connectivity index (χ0n) is 18.2. The molecule has 1 saturated heterocycles. The van der Waals surface area contributed by atoms with Crippen LogP contribution in [0, 0.1) is 0 Å². The zero-order chi connectivity index (χ0) is 22.8. The van der Waals surface area contributed by atoms with Gasteiger partial charge in [0.2, 0.25) is 0 Å². The number of aliphatic hydroxyl groups is 1. The largest absolute Gasteiger partial charge is 0.506 e. The molecule has 0 saturated carbocycles. The number of aromatic hydroxyl groups is 1. The van der Waals surface area contributed by atoms with Gasteiger partial charge >= 0.3 is 0 Å². The van der Waals surface area contributed by atoms with Gasteiger partial charge in [-0.05, 0) is 12.5 Å². The quantitative estimate of drug-likeness (QED) is 0.498. The first kappa shape index (κ1) is 21.6. The van der Waals surface area contributed by atoms with E-state index in [-0.39, 0.29) is 17.4 Å². The highest BCUT2D eigenvalue weighted by atomic mass is 16.6. The van der Waals surface area contributed by atoms with Crippen molar-refractivity contribution in [2.75, 3.05) is 26.3 Å². The van der Waals surface area contributed by atoms with Gasteiger partial charge in [0.05, 0.1) is 29.1 Å². The van der Waals surface area contributed by atoms with Crippen molar-refractivity contribution in [3.05, 3.63) is 52.7 Å². The maximum absolute atomic E-state index is 12.4. The lowest BCUT2D eigenvalue weighted by atomic mass is 10.0. The SMILES string of the molecule is O=c1ccc2ncc(O)cc2n1CCN1CCC(NCc2cc3c(cn2)OCCO3)CC1O. The summed E-state index contributed by atoms with van der Waals surface area (Å²) in [6.07, 6.45) is 3.89. The van der Waals surface area contributed by atoms with Gasteiger partial charge in [0.1, 0.15) is 25.2 Å². The molecule has 10 nitrogen and oxygen atoms in total. The van der Waals surface area contributed by atoms with E-state index < -0.39 is 6.23 Å². The maximum atomic E-state index is 12.4. The molecule has 0 aliphatic carbocycles. The Labute approximate surface area is 190 Å². The van der Waals surface area contributed by atoms with Gasteiger partial charge in [0.25, 0.3) is 5.56 Å². The van der Waals surface area contributed by atoms with Crippen molar-refractivity contribution in [3.63, 3.8) is 0 Å². The average molecular weight is 453 g/mol. The highest BCUT2D eigenvalue weighted by molar-refractivity contribution is 5.75. The summed E-state index contributed by atoms with van der Waals surface area (Å²) in [5.41, 5.74) is 1.93. The predicted octanol–water partition coefficient (Wildman–Crippen LogP) is 0.841.